The van der Waals surface area contributed by atoms with E-state index in [0.717, 1.165) is 17.0 Å². The molecule has 3 heterocycles. The van der Waals surface area contributed by atoms with Crippen molar-refractivity contribution in [3.8, 4) is 5.75 Å². The fourth-order valence-electron chi connectivity index (χ4n) is 5.81. The second-order valence-electron chi connectivity index (χ2n) is 11.4. The van der Waals surface area contributed by atoms with Crippen LogP contribution < -0.4 is 4.74 Å². The van der Waals surface area contributed by atoms with E-state index in [-0.39, 0.29) is 17.1 Å². The number of hydrogen-bond acceptors (Lipinski definition) is 10. The molecule has 2 fully saturated rings. The van der Waals surface area contributed by atoms with Crippen molar-refractivity contribution < 1.29 is 37.2 Å². The topological polar surface area (TPSA) is 163 Å². The van der Waals surface area contributed by atoms with Crippen molar-refractivity contribution in [1.82, 2.24) is 9.88 Å². The second-order valence-corrected chi connectivity index (χ2v) is 14.0. The number of aromatic nitrogens is 1. The van der Waals surface area contributed by atoms with Gasteiger partial charge in [0, 0.05) is 18.3 Å². The van der Waals surface area contributed by atoms with Gasteiger partial charge in [0.05, 0.1) is 21.8 Å². The van der Waals surface area contributed by atoms with Crippen molar-refractivity contribution >= 4 is 38.9 Å². The number of carbonyl (C=O) groups is 3. The van der Waals surface area contributed by atoms with E-state index >= 15 is 0 Å². The van der Waals surface area contributed by atoms with E-state index < -0.39 is 66.0 Å². The summed E-state index contributed by atoms with van der Waals surface area (Å²) in [6, 6.07) is 25.5. The fraction of sp³-hybridized carbons (Fsp3) is 0.176. The minimum Gasteiger partial charge on any atom is -0.451 e. The van der Waals surface area contributed by atoms with Gasteiger partial charge in [0.2, 0.25) is 0 Å². The number of β-lactam (4-membered cyclic amide) rings is 1. The predicted molar refractivity (Wildman–Crippen MR) is 168 cm³/mol. The maximum atomic E-state index is 14.1. The Hall–Kier alpha value is -5.69. The number of benzene rings is 3. The molecule has 0 radical (unpaired) electrons. The molecule has 1 amide bonds. The number of amides is 1. The summed E-state index contributed by atoms with van der Waals surface area (Å²) in [6.07, 6.45) is 0.464. The third kappa shape index (κ3) is 5.33. The Morgan fingerprint density at radius 1 is 0.894 bits per heavy atom. The van der Waals surface area contributed by atoms with Crippen LogP contribution in [0, 0.1) is 10.1 Å². The lowest BCUT2D eigenvalue weighted by Gasteiger charge is -2.39. The highest BCUT2D eigenvalue weighted by molar-refractivity contribution is 7.94. The number of esters is 2. The van der Waals surface area contributed by atoms with Crippen molar-refractivity contribution in [2.24, 2.45) is 0 Å². The largest absolute Gasteiger partial charge is 0.451 e. The lowest BCUT2D eigenvalue weighted by atomic mass is 9.91. The van der Waals surface area contributed by atoms with Crippen LogP contribution in [0.15, 0.2) is 115 Å². The maximum absolute atomic E-state index is 14.1. The molecule has 6 rings (SSSR count). The first-order valence-corrected chi connectivity index (χ1v) is 16.0. The lowest BCUT2D eigenvalue weighted by molar-refractivity contribution is -0.384. The highest BCUT2D eigenvalue weighted by Gasteiger charge is 2.71. The number of nitrogens with zero attached hydrogens (tertiary/aromatic N) is 3. The molecule has 0 bridgehead atoms. The van der Waals surface area contributed by atoms with Gasteiger partial charge in [0.1, 0.15) is 10.5 Å². The first kappa shape index (κ1) is 31.3. The molecular weight excluding hydrogens is 626 g/mol. The number of hydrogen-bond donors (Lipinski definition) is 0. The van der Waals surface area contributed by atoms with E-state index in [2.05, 4.69) is 4.98 Å². The van der Waals surface area contributed by atoms with Crippen LogP contribution in [0.1, 0.15) is 36.8 Å². The van der Waals surface area contributed by atoms with Crippen LogP contribution in [0.4, 0.5) is 5.69 Å². The number of sulfone groups is 1. The summed E-state index contributed by atoms with van der Waals surface area (Å²) < 4.78 is 37.9. The molecule has 3 aromatic carbocycles. The van der Waals surface area contributed by atoms with Gasteiger partial charge in [-0.25, -0.2) is 18.0 Å². The summed E-state index contributed by atoms with van der Waals surface area (Å²) >= 11 is 0. The Morgan fingerprint density at radius 3 is 2.00 bits per heavy atom. The molecule has 0 spiro atoms. The predicted octanol–water partition coefficient (Wildman–Crippen LogP) is 4.43. The third-order valence-electron chi connectivity index (χ3n) is 8.24. The van der Waals surface area contributed by atoms with Gasteiger partial charge in [0.15, 0.2) is 27.4 Å². The van der Waals surface area contributed by atoms with Crippen LogP contribution in [-0.2, 0) is 29.0 Å². The van der Waals surface area contributed by atoms with Gasteiger partial charge in [-0.3, -0.25) is 19.9 Å². The van der Waals surface area contributed by atoms with Crippen molar-refractivity contribution in [3.05, 3.63) is 142 Å². The molecule has 238 valence electrons. The first-order valence-electron chi connectivity index (χ1n) is 14.4. The summed E-state index contributed by atoms with van der Waals surface area (Å²) in [5, 5.41) is 9.38. The second kappa shape index (κ2) is 11.9. The average molecular weight is 654 g/mol. The third-order valence-corrected chi connectivity index (χ3v) is 11.0. The minimum atomic E-state index is -4.35. The van der Waals surface area contributed by atoms with Gasteiger partial charge in [-0.05, 0) is 49.2 Å². The molecule has 2 atom stereocenters. The molecule has 2 aliphatic heterocycles. The Bertz CT molecular complexity index is 1980. The average Bonchev–Trinajstić information content (AvgIpc) is 3.21. The molecule has 2 saturated heterocycles. The zero-order chi connectivity index (χ0) is 33.5. The van der Waals surface area contributed by atoms with Crippen LogP contribution in [0.5, 0.6) is 5.75 Å². The molecule has 0 saturated carbocycles. The van der Waals surface area contributed by atoms with Gasteiger partial charge >= 0.3 is 11.9 Å². The van der Waals surface area contributed by atoms with Crippen LogP contribution in [0.2, 0.25) is 0 Å². The smallest absolute Gasteiger partial charge is 0.346 e. The maximum Gasteiger partial charge on any atom is 0.346 e. The standard InChI is InChI=1S/C34H27N3O9S/c1-34(2)29(33(40)46-28(21-11-5-3-6-12-21)22-13-7-4-8-14-22)36-30(38)27(31(36)47(34,43)44)26(25-15-9-10-20-35-25)32(39)45-24-18-16-23(17-19-24)37(41)42/h3-20,28-29,31H,1-2H3/b27-26+/t29-,31?/m0/s1. The molecule has 4 aromatic rings. The highest BCUT2D eigenvalue weighted by Crippen LogP contribution is 2.51. The molecule has 1 unspecified atom stereocenters. The van der Waals surface area contributed by atoms with Gasteiger partial charge in [0.25, 0.3) is 11.6 Å². The fourth-order valence-corrected chi connectivity index (χ4v) is 7.95. The zero-order valence-corrected chi connectivity index (χ0v) is 25.9. The Balaban J connectivity index is 1.39. The van der Waals surface area contributed by atoms with Crippen molar-refractivity contribution in [1.29, 1.82) is 0 Å². The van der Waals surface area contributed by atoms with Crippen LogP contribution in [0.25, 0.3) is 5.57 Å². The van der Waals surface area contributed by atoms with Crippen molar-refractivity contribution in [3.63, 3.8) is 0 Å². The minimum absolute atomic E-state index is 0.0327. The summed E-state index contributed by atoms with van der Waals surface area (Å²) in [7, 11) is -4.35. The van der Waals surface area contributed by atoms with Crippen LogP contribution in [0.3, 0.4) is 0 Å². The zero-order valence-electron chi connectivity index (χ0n) is 25.0. The van der Waals surface area contributed by atoms with Crippen molar-refractivity contribution in [2.75, 3.05) is 0 Å². The van der Waals surface area contributed by atoms with E-state index in [0.29, 0.717) is 11.1 Å². The Kier molecular flexibility index (Phi) is 7.93. The number of carbonyl (C=O) groups excluding carboxylic acids is 3. The van der Waals surface area contributed by atoms with Crippen LogP contribution >= 0.6 is 0 Å². The van der Waals surface area contributed by atoms with E-state index in [1.807, 2.05) is 12.1 Å². The number of nitro benzene ring substituents is 1. The van der Waals surface area contributed by atoms with E-state index in [4.69, 9.17) is 9.47 Å². The molecule has 47 heavy (non-hydrogen) atoms. The Labute approximate surface area is 269 Å². The van der Waals surface area contributed by atoms with E-state index in [9.17, 15) is 32.9 Å². The number of pyridine rings is 1. The number of non-ortho nitro benzene ring substituents is 1. The summed E-state index contributed by atoms with van der Waals surface area (Å²) in [4.78, 5) is 57.1. The van der Waals surface area contributed by atoms with Crippen LogP contribution in [-0.4, -0.2) is 57.2 Å². The molecule has 1 aromatic heterocycles. The van der Waals surface area contributed by atoms with Crippen molar-refractivity contribution in [2.45, 2.75) is 36.1 Å². The monoisotopic (exact) mass is 653 g/mol. The highest BCUT2D eigenvalue weighted by atomic mass is 32.2. The molecule has 0 aliphatic carbocycles. The lowest BCUT2D eigenvalue weighted by Crippen LogP contribution is -2.60. The number of fused-ring (bicyclic) bond motifs is 1. The quantitative estimate of drug-likeness (QED) is 0.0664. The van der Waals surface area contributed by atoms with E-state index in [1.165, 1.54) is 38.2 Å². The van der Waals surface area contributed by atoms with Gasteiger partial charge in [-0.1, -0.05) is 66.7 Å². The normalized spacial score (nSPS) is 20.1. The molecule has 12 nitrogen and oxygen atoms in total. The van der Waals surface area contributed by atoms with Gasteiger partial charge in [-0.2, -0.15) is 0 Å². The van der Waals surface area contributed by atoms with Gasteiger partial charge in [-0.15, -0.1) is 0 Å². The molecular formula is C34H27N3O9S. The number of nitro groups is 1. The first-order chi connectivity index (χ1) is 22.4. The van der Waals surface area contributed by atoms with E-state index in [1.54, 1.807) is 60.7 Å². The molecule has 13 heteroatoms. The van der Waals surface area contributed by atoms with Gasteiger partial charge < -0.3 is 14.4 Å². The summed E-state index contributed by atoms with van der Waals surface area (Å²) in [6.45, 7) is 2.68. The number of ether oxygens (including phenoxy) is 2. The SMILES string of the molecule is CC1(C)[C@H](C(=O)OC(c2ccccc2)c2ccccc2)N2C(=O)/C(=C(\C(=O)Oc3ccc([N+](=O)[O-])cc3)c3ccccn3)C2S1(=O)=O. The Morgan fingerprint density at radius 2 is 1.47 bits per heavy atom. The summed E-state index contributed by atoms with van der Waals surface area (Å²) in [5.74, 6) is -2.99. The molecule has 2 aliphatic rings. The number of rotatable bonds is 8. The summed E-state index contributed by atoms with van der Waals surface area (Å²) in [5.41, 5.74) is 0.205. The molecule has 0 N–H and O–H groups in total.